The molecule has 0 amide bonds. The summed E-state index contributed by atoms with van der Waals surface area (Å²) in [5.41, 5.74) is 2.56. The van der Waals surface area contributed by atoms with Crippen molar-refractivity contribution < 1.29 is 24.2 Å². The average molecular weight is 362 g/mol. The van der Waals surface area contributed by atoms with Crippen LogP contribution < -0.4 is 0 Å². The molecule has 2 unspecified atom stereocenters. The van der Waals surface area contributed by atoms with Crippen molar-refractivity contribution in [3.8, 4) is 0 Å². The lowest BCUT2D eigenvalue weighted by Gasteiger charge is -2.20. The molecule has 0 saturated carbocycles. The number of thioether (sulfide) groups is 1. The Bertz CT molecular complexity index is 728. The van der Waals surface area contributed by atoms with Crippen molar-refractivity contribution in [2.24, 2.45) is 0 Å². The molecule has 2 aromatic rings. The van der Waals surface area contributed by atoms with Crippen molar-refractivity contribution in [1.29, 1.82) is 0 Å². The Morgan fingerprint density at radius 3 is 2.16 bits per heavy atom. The van der Waals surface area contributed by atoms with E-state index in [9.17, 15) is 19.1 Å². The third kappa shape index (κ3) is 5.90. The fourth-order valence-corrected chi connectivity index (χ4v) is 3.77. The van der Waals surface area contributed by atoms with Gasteiger partial charge < -0.3 is 10.2 Å². The minimum atomic E-state index is -1.03. The molecule has 0 aliphatic carbocycles. The first kappa shape index (κ1) is 19.0. The Morgan fingerprint density at radius 2 is 1.64 bits per heavy atom. The second-order valence-corrected chi connectivity index (χ2v) is 7.20. The highest BCUT2D eigenvalue weighted by Gasteiger charge is 2.26. The van der Waals surface area contributed by atoms with E-state index in [1.807, 2.05) is 31.2 Å². The number of carboxylic acid groups (broad SMARTS) is 2. The van der Waals surface area contributed by atoms with Crippen LogP contribution in [-0.2, 0) is 16.0 Å². The molecule has 2 N–H and O–H groups in total. The molecule has 2 rings (SSSR count). The Kier molecular flexibility index (Phi) is 6.58. The number of hydrogen-bond acceptors (Lipinski definition) is 3. The predicted octanol–water partition coefficient (Wildman–Crippen LogP) is 4.08. The van der Waals surface area contributed by atoms with Crippen LogP contribution in [-0.4, -0.2) is 27.4 Å². The molecule has 0 spiro atoms. The Labute approximate surface area is 149 Å². The molecule has 0 saturated heterocycles. The summed E-state index contributed by atoms with van der Waals surface area (Å²) in [6.45, 7) is 1.95. The van der Waals surface area contributed by atoms with Crippen LogP contribution in [0.3, 0.4) is 0 Å². The van der Waals surface area contributed by atoms with Crippen molar-refractivity contribution in [2.45, 2.75) is 30.3 Å². The molecule has 2 aromatic carbocycles. The Hall–Kier alpha value is -2.34. The van der Waals surface area contributed by atoms with Gasteiger partial charge in [0.15, 0.2) is 0 Å². The fraction of sp³-hybridized carbons (Fsp3) is 0.263. The summed E-state index contributed by atoms with van der Waals surface area (Å²) in [5.74, 6) is -2.44. The largest absolute Gasteiger partial charge is 0.481 e. The van der Waals surface area contributed by atoms with Gasteiger partial charge in [-0.05, 0) is 36.6 Å². The number of aryl methyl sites for hydroxylation is 1. The molecular formula is C19H19FO4S. The first-order chi connectivity index (χ1) is 11.8. The van der Waals surface area contributed by atoms with Crippen molar-refractivity contribution >= 4 is 23.7 Å². The van der Waals surface area contributed by atoms with Gasteiger partial charge in [0, 0.05) is 5.25 Å². The predicted molar refractivity (Wildman–Crippen MR) is 95.3 cm³/mol. The number of benzene rings is 2. The standard InChI is InChI=1S/C19H19FO4S/c1-12-2-4-13(5-3-12)10-17(19(23)24)25-16(11-18(21)22)14-6-8-15(20)9-7-14/h2-9,16-17H,10-11H2,1H3,(H,21,22)(H,23,24). The van der Waals surface area contributed by atoms with Gasteiger partial charge in [0.1, 0.15) is 11.1 Å². The highest BCUT2D eigenvalue weighted by atomic mass is 32.2. The molecule has 0 aromatic heterocycles. The van der Waals surface area contributed by atoms with Gasteiger partial charge in [-0.25, -0.2) is 4.39 Å². The lowest BCUT2D eigenvalue weighted by Crippen LogP contribution is -2.21. The van der Waals surface area contributed by atoms with Crippen LogP contribution >= 0.6 is 11.8 Å². The molecule has 0 aliphatic rings. The number of carbonyl (C=O) groups is 2. The quantitative estimate of drug-likeness (QED) is 0.740. The minimum Gasteiger partial charge on any atom is -0.481 e. The second kappa shape index (κ2) is 8.67. The van der Waals surface area contributed by atoms with Crippen LogP contribution in [0.25, 0.3) is 0 Å². The summed E-state index contributed by atoms with van der Waals surface area (Å²) in [6, 6.07) is 13.1. The van der Waals surface area contributed by atoms with Crippen molar-refractivity contribution in [3.05, 3.63) is 71.0 Å². The van der Waals surface area contributed by atoms with Gasteiger partial charge in [-0.15, -0.1) is 11.8 Å². The van der Waals surface area contributed by atoms with E-state index in [0.717, 1.165) is 22.9 Å². The zero-order chi connectivity index (χ0) is 18.4. The Morgan fingerprint density at radius 1 is 1.04 bits per heavy atom. The van der Waals surface area contributed by atoms with E-state index >= 15 is 0 Å². The molecule has 0 radical (unpaired) electrons. The van der Waals surface area contributed by atoms with Gasteiger partial charge >= 0.3 is 11.9 Å². The molecule has 0 heterocycles. The molecular weight excluding hydrogens is 343 g/mol. The van der Waals surface area contributed by atoms with Crippen LogP contribution in [0.2, 0.25) is 0 Å². The van der Waals surface area contributed by atoms with Crippen molar-refractivity contribution in [3.63, 3.8) is 0 Å². The highest BCUT2D eigenvalue weighted by molar-refractivity contribution is 8.00. The molecule has 0 fully saturated rings. The van der Waals surface area contributed by atoms with E-state index in [1.165, 1.54) is 24.3 Å². The molecule has 0 aliphatic heterocycles. The molecule has 4 nitrogen and oxygen atoms in total. The normalized spacial score (nSPS) is 13.2. The molecule has 6 heteroatoms. The first-order valence-corrected chi connectivity index (χ1v) is 8.70. The molecule has 25 heavy (non-hydrogen) atoms. The molecule has 2 atom stereocenters. The minimum absolute atomic E-state index is 0.228. The van der Waals surface area contributed by atoms with E-state index in [2.05, 4.69) is 0 Å². The highest BCUT2D eigenvalue weighted by Crippen LogP contribution is 2.36. The van der Waals surface area contributed by atoms with Crippen LogP contribution in [0.15, 0.2) is 48.5 Å². The maximum atomic E-state index is 13.1. The fourth-order valence-electron chi connectivity index (χ4n) is 2.41. The second-order valence-electron chi connectivity index (χ2n) is 5.79. The number of aliphatic carboxylic acids is 2. The van der Waals surface area contributed by atoms with E-state index < -0.39 is 28.3 Å². The Balaban J connectivity index is 2.19. The summed E-state index contributed by atoms with van der Waals surface area (Å²) >= 11 is 1.08. The van der Waals surface area contributed by atoms with Crippen LogP contribution in [0.5, 0.6) is 0 Å². The van der Waals surface area contributed by atoms with E-state index in [1.54, 1.807) is 0 Å². The van der Waals surface area contributed by atoms with E-state index in [-0.39, 0.29) is 12.8 Å². The van der Waals surface area contributed by atoms with Crippen molar-refractivity contribution in [2.75, 3.05) is 0 Å². The topological polar surface area (TPSA) is 74.6 Å². The average Bonchev–Trinajstić information content (AvgIpc) is 2.55. The summed E-state index contributed by atoms with van der Waals surface area (Å²) in [5, 5.41) is 17.3. The van der Waals surface area contributed by atoms with Gasteiger partial charge in [0.05, 0.1) is 6.42 Å². The number of carboxylic acids is 2. The number of rotatable bonds is 8. The van der Waals surface area contributed by atoms with Crippen LogP contribution in [0, 0.1) is 12.7 Å². The maximum Gasteiger partial charge on any atom is 0.316 e. The molecule has 0 bridgehead atoms. The number of hydrogen-bond donors (Lipinski definition) is 2. The third-order valence-corrected chi connectivity index (χ3v) is 5.21. The van der Waals surface area contributed by atoms with Gasteiger partial charge in [-0.3, -0.25) is 9.59 Å². The van der Waals surface area contributed by atoms with Crippen molar-refractivity contribution in [1.82, 2.24) is 0 Å². The summed E-state index contributed by atoms with van der Waals surface area (Å²) < 4.78 is 13.1. The summed E-state index contributed by atoms with van der Waals surface area (Å²) in [4.78, 5) is 22.8. The zero-order valence-electron chi connectivity index (χ0n) is 13.7. The van der Waals surface area contributed by atoms with Gasteiger partial charge in [0.2, 0.25) is 0 Å². The molecule has 132 valence electrons. The lowest BCUT2D eigenvalue weighted by atomic mass is 10.1. The van der Waals surface area contributed by atoms with E-state index in [4.69, 9.17) is 5.11 Å². The number of halogens is 1. The van der Waals surface area contributed by atoms with Crippen LogP contribution in [0.1, 0.15) is 28.4 Å². The van der Waals surface area contributed by atoms with Crippen LogP contribution in [0.4, 0.5) is 4.39 Å². The van der Waals surface area contributed by atoms with Gasteiger partial charge in [-0.1, -0.05) is 42.0 Å². The summed E-state index contributed by atoms with van der Waals surface area (Å²) in [7, 11) is 0. The monoisotopic (exact) mass is 362 g/mol. The SMILES string of the molecule is Cc1ccc(CC(SC(CC(=O)O)c2ccc(F)cc2)C(=O)O)cc1. The van der Waals surface area contributed by atoms with E-state index in [0.29, 0.717) is 5.56 Å². The zero-order valence-corrected chi connectivity index (χ0v) is 14.5. The first-order valence-electron chi connectivity index (χ1n) is 7.76. The third-order valence-electron chi connectivity index (χ3n) is 3.75. The maximum absolute atomic E-state index is 13.1. The smallest absolute Gasteiger partial charge is 0.316 e. The van der Waals surface area contributed by atoms with Gasteiger partial charge in [-0.2, -0.15) is 0 Å². The summed E-state index contributed by atoms with van der Waals surface area (Å²) in [6.07, 6.45) is 0.0611. The lowest BCUT2D eigenvalue weighted by molar-refractivity contribution is -0.138. The van der Waals surface area contributed by atoms with Gasteiger partial charge in [0.25, 0.3) is 0 Å².